The summed E-state index contributed by atoms with van der Waals surface area (Å²) in [6.45, 7) is 3.23. The van der Waals surface area contributed by atoms with E-state index in [1.807, 2.05) is 0 Å². The molecular weight excluding hydrogens is 397 g/mol. The topological polar surface area (TPSA) is 156 Å². The molecule has 29 heavy (non-hydrogen) atoms. The predicted molar refractivity (Wildman–Crippen MR) is 95.2 cm³/mol. The van der Waals surface area contributed by atoms with Gasteiger partial charge >= 0.3 is 18.1 Å². The molecule has 2 aromatic rings. The van der Waals surface area contributed by atoms with E-state index >= 15 is 0 Å². The highest BCUT2D eigenvalue weighted by Gasteiger charge is 2.38. The van der Waals surface area contributed by atoms with Crippen LogP contribution in [0.15, 0.2) is 36.7 Å². The molecule has 0 atom stereocenters. The number of nitrogens with zero attached hydrogens (tertiary/aromatic N) is 2. The summed E-state index contributed by atoms with van der Waals surface area (Å²) in [5, 5.41) is 19.0. The molecule has 0 fully saturated rings. The van der Waals surface area contributed by atoms with Gasteiger partial charge in [-0.3, -0.25) is 9.59 Å². The summed E-state index contributed by atoms with van der Waals surface area (Å²) in [5.41, 5.74) is 5.78. The van der Waals surface area contributed by atoms with E-state index in [0.717, 1.165) is 0 Å². The van der Waals surface area contributed by atoms with Crippen molar-refractivity contribution >= 4 is 29.4 Å². The van der Waals surface area contributed by atoms with Crippen molar-refractivity contribution in [2.24, 2.45) is 0 Å². The Hall–Kier alpha value is -3.70. The Morgan fingerprint density at radius 2 is 1.45 bits per heavy atom. The summed E-state index contributed by atoms with van der Waals surface area (Å²) in [7, 11) is 0. The van der Waals surface area contributed by atoms with Crippen molar-refractivity contribution in [2.45, 2.75) is 25.4 Å². The first kappa shape index (κ1) is 23.3. The molecule has 1 amide bonds. The van der Waals surface area contributed by atoms with Crippen LogP contribution in [0.1, 0.15) is 29.9 Å². The number of aliphatic carboxylic acids is 2. The number of hydrogen-bond acceptors (Lipinski definition) is 6. The van der Waals surface area contributed by atoms with E-state index in [9.17, 15) is 27.9 Å². The maximum absolute atomic E-state index is 12.0. The SMILES string of the molecule is CC(C)(C(=O)O)c1ccc(NC(=O)c2nccnc2N)cc1.O=C(O)C(F)(F)F. The molecule has 9 nitrogen and oxygen atoms in total. The van der Waals surface area contributed by atoms with Gasteiger partial charge in [-0.25, -0.2) is 14.8 Å². The number of benzene rings is 1. The van der Waals surface area contributed by atoms with E-state index in [1.54, 1.807) is 38.1 Å². The van der Waals surface area contributed by atoms with Gasteiger partial charge in [0.15, 0.2) is 11.5 Å². The molecule has 156 valence electrons. The molecule has 0 saturated carbocycles. The molecule has 0 aliphatic rings. The third kappa shape index (κ3) is 6.45. The quantitative estimate of drug-likeness (QED) is 0.594. The third-order valence-electron chi connectivity index (χ3n) is 3.58. The minimum atomic E-state index is -5.08. The molecule has 0 aliphatic heterocycles. The zero-order chi connectivity index (χ0) is 22.4. The normalized spacial score (nSPS) is 11.1. The van der Waals surface area contributed by atoms with Crippen LogP contribution in [0.5, 0.6) is 0 Å². The Labute approximate surface area is 162 Å². The monoisotopic (exact) mass is 414 g/mol. The molecule has 2 rings (SSSR count). The molecule has 1 aromatic heterocycles. The molecule has 12 heteroatoms. The van der Waals surface area contributed by atoms with Crippen LogP contribution in [-0.4, -0.2) is 44.2 Å². The number of nitrogens with one attached hydrogen (secondary N) is 1. The zero-order valence-electron chi connectivity index (χ0n) is 15.2. The van der Waals surface area contributed by atoms with Gasteiger partial charge in [-0.2, -0.15) is 13.2 Å². The summed E-state index contributed by atoms with van der Waals surface area (Å²) >= 11 is 0. The molecule has 0 saturated heterocycles. The van der Waals surface area contributed by atoms with Crippen molar-refractivity contribution < 1.29 is 37.8 Å². The van der Waals surface area contributed by atoms with Gasteiger partial charge < -0.3 is 21.3 Å². The lowest BCUT2D eigenvalue weighted by atomic mass is 9.85. The van der Waals surface area contributed by atoms with Gasteiger partial charge in [-0.1, -0.05) is 12.1 Å². The van der Waals surface area contributed by atoms with Gasteiger partial charge in [0.05, 0.1) is 5.41 Å². The van der Waals surface area contributed by atoms with Gasteiger partial charge in [-0.15, -0.1) is 0 Å². The van der Waals surface area contributed by atoms with Crippen molar-refractivity contribution in [3.8, 4) is 0 Å². The molecule has 1 heterocycles. The molecule has 0 radical (unpaired) electrons. The van der Waals surface area contributed by atoms with Crippen molar-refractivity contribution in [3.05, 3.63) is 47.9 Å². The van der Waals surface area contributed by atoms with Crippen LogP contribution in [0.3, 0.4) is 0 Å². The lowest BCUT2D eigenvalue weighted by Crippen LogP contribution is -2.28. The van der Waals surface area contributed by atoms with Gasteiger partial charge in [0.1, 0.15) is 0 Å². The fraction of sp³-hybridized carbons (Fsp3) is 0.235. The van der Waals surface area contributed by atoms with Crippen LogP contribution in [0.2, 0.25) is 0 Å². The van der Waals surface area contributed by atoms with Crippen LogP contribution in [-0.2, 0) is 15.0 Å². The lowest BCUT2D eigenvalue weighted by Gasteiger charge is -2.19. The fourth-order valence-corrected chi connectivity index (χ4v) is 1.81. The summed E-state index contributed by atoms with van der Waals surface area (Å²) in [6.07, 6.45) is -2.31. The van der Waals surface area contributed by atoms with Crippen LogP contribution in [0.25, 0.3) is 0 Å². The van der Waals surface area contributed by atoms with Gasteiger partial charge in [0.25, 0.3) is 5.91 Å². The first-order chi connectivity index (χ1) is 13.3. The zero-order valence-corrected chi connectivity index (χ0v) is 15.2. The molecule has 1 aromatic carbocycles. The minimum Gasteiger partial charge on any atom is -0.481 e. The third-order valence-corrected chi connectivity index (χ3v) is 3.58. The van der Waals surface area contributed by atoms with Crippen LogP contribution < -0.4 is 11.1 Å². The second-order valence-electron chi connectivity index (χ2n) is 6.05. The molecule has 5 N–H and O–H groups in total. The van der Waals surface area contributed by atoms with E-state index in [1.165, 1.54) is 12.4 Å². The minimum absolute atomic E-state index is 0.0393. The number of nitrogens with two attached hydrogens (primary N) is 1. The largest absolute Gasteiger partial charge is 0.490 e. The number of hydrogen-bond donors (Lipinski definition) is 4. The number of carbonyl (C=O) groups excluding carboxylic acids is 1. The van der Waals surface area contributed by atoms with Crippen molar-refractivity contribution in [2.75, 3.05) is 11.1 Å². The second-order valence-corrected chi connectivity index (χ2v) is 6.05. The summed E-state index contributed by atoms with van der Waals surface area (Å²) < 4.78 is 31.7. The Balaban J connectivity index is 0.000000516. The van der Waals surface area contributed by atoms with E-state index in [0.29, 0.717) is 11.3 Å². The molecule has 0 unspecified atom stereocenters. The fourth-order valence-electron chi connectivity index (χ4n) is 1.81. The Kier molecular flexibility index (Phi) is 7.24. The van der Waals surface area contributed by atoms with Gasteiger partial charge in [0.2, 0.25) is 0 Å². The number of rotatable bonds is 4. The van der Waals surface area contributed by atoms with Crippen molar-refractivity contribution in [1.29, 1.82) is 0 Å². The predicted octanol–water partition coefficient (Wildman–Crippen LogP) is 2.31. The highest BCUT2D eigenvalue weighted by molar-refractivity contribution is 6.05. The number of halogens is 3. The Morgan fingerprint density at radius 1 is 0.966 bits per heavy atom. The lowest BCUT2D eigenvalue weighted by molar-refractivity contribution is -0.192. The van der Waals surface area contributed by atoms with Crippen LogP contribution >= 0.6 is 0 Å². The average molecular weight is 414 g/mol. The van der Waals surface area contributed by atoms with Crippen LogP contribution in [0, 0.1) is 0 Å². The van der Waals surface area contributed by atoms with Gasteiger partial charge in [-0.05, 0) is 31.5 Å². The van der Waals surface area contributed by atoms with Crippen LogP contribution in [0.4, 0.5) is 24.7 Å². The van der Waals surface area contributed by atoms with Gasteiger partial charge in [0, 0.05) is 18.1 Å². The van der Waals surface area contributed by atoms with E-state index < -0.39 is 29.4 Å². The smallest absolute Gasteiger partial charge is 0.481 e. The molecular formula is C17H17F3N4O5. The van der Waals surface area contributed by atoms with Crippen molar-refractivity contribution in [1.82, 2.24) is 9.97 Å². The maximum atomic E-state index is 12.0. The van der Waals surface area contributed by atoms with E-state index in [2.05, 4.69) is 15.3 Å². The number of carbonyl (C=O) groups is 3. The van der Waals surface area contributed by atoms with E-state index in [-0.39, 0.29) is 11.5 Å². The van der Waals surface area contributed by atoms with Crippen molar-refractivity contribution in [3.63, 3.8) is 0 Å². The number of nitrogen functional groups attached to an aromatic ring is 1. The summed E-state index contributed by atoms with van der Waals surface area (Å²) in [4.78, 5) is 39.8. The highest BCUT2D eigenvalue weighted by Crippen LogP contribution is 2.25. The maximum Gasteiger partial charge on any atom is 0.490 e. The second kappa shape index (κ2) is 8.99. The molecule has 0 aliphatic carbocycles. The van der Waals surface area contributed by atoms with E-state index in [4.69, 9.17) is 15.6 Å². The average Bonchev–Trinajstić information content (AvgIpc) is 2.62. The first-order valence-corrected chi connectivity index (χ1v) is 7.78. The number of alkyl halides is 3. The number of carboxylic acid groups (broad SMARTS) is 2. The molecule has 0 bridgehead atoms. The standard InChI is InChI=1S/C15H16N4O3.C2HF3O2/c1-15(2,14(21)22)9-3-5-10(6-4-9)19-13(20)11-12(16)18-8-7-17-11;3-2(4,5)1(6)7/h3-8H,1-2H3,(H2,16,18)(H,19,20)(H,21,22);(H,6,7). The summed E-state index contributed by atoms with van der Waals surface area (Å²) in [6, 6.07) is 6.57. The highest BCUT2D eigenvalue weighted by atomic mass is 19.4. The Bertz CT molecular complexity index is 899. The number of aromatic nitrogens is 2. The number of amides is 1. The first-order valence-electron chi connectivity index (χ1n) is 7.78. The molecule has 0 spiro atoms. The summed E-state index contributed by atoms with van der Waals surface area (Å²) in [5.74, 6) is -4.11. The number of carboxylic acids is 2. The Morgan fingerprint density at radius 3 is 1.86 bits per heavy atom. The number of anilines is 2.